The van der Waals surface area contributed by atoms with Gasteiger partial charge in [0, 0.05) is 16.1 Å². The summed E-state index contributed by atoms with van der Waals surface area (Å²) in [5.74, 6) is -0.359. The van der Waals surface area contributed by atoms with Gasteiger partial charge in [-0.3, -0.25) is 14.9 Å². The Hall–Kier alpha value is -1.92. The van der Waals surface area contributed by atoms with E-state index in [1.807, 2.05) is 18.2 Å². The minimum atomic E-state index is -0.359. The van der Waals surface area contributed by atoms with Crippen LogP contribution in [0.2, 0.25) is 5.02 Å². The van der Waals surface area contributed by atoms with Gasteiger partial charge in [0.1, 0.15) is 5.69 Å². The number of hydrogen-bond acceptors (Lipinski definition) is 3. The van der Waals surface area contributed by atoms with Crippen LogP contribution in [0.3, 0.4) is 0 Å². The number of hydrogen-bond donors (Lipinski definition) is 2. The molecule has 0 aliphatic rings. The van der Waals surface area contributed by atoms with Crippen LogP contribution >= 0.6 is 27.5 Å². The smallest absolute Gasteiger partial charge is 0.275 e. The molecule has 1 aromatic carbocycles. The number of H-pyrrole nitrogens is 1. The SMILES string of the molecule is O=C(Nc1ccc(Br)c2cccnc12)c1[nH]ncc1Cl. The first kappa shape index (κ1) is 13.1. The van der Waals surface area contributed by atoms with Crippen LogP contribution in [0.25, 0.3) is 10.9 Å². The number of nitrogens with zero attached hydrogens (tertiary/aromatic N) is 2. The molecular weight excluding hydrogens is 344 g/mol. The summed E-state index contributed by atoms with van der Waals surface area (Å²) in [6.45, 7) is 0. The normalized spacial score (nSPS) is 10.7. The van der Waals surface area contributed by atoms with E-state index in [1.54, 1.807) is 12.3 Å². The number of aromatic nitrogens is 3. The average Bonchev–Trinajstić information content (AvgIpc) is 2.88. The molecule has 0 bridgehead atoms. The summed E-state index contributed by atoms with van der Waals surface area (Å²) in [5.41, 5.74) is 1.53. The molecule has 0 aliphatic carbocycles. The molecule has 2 aromatic heterocycles. The van der Waals surface area contributed by atoms with Gasteiger partial charge in [-0.15, -0.1) is 0 Å². The Morgan fingerprint density at radius 2 is 2.20 bits per heavy atom. The van der Waals surface area contributed by atoms with Gasteiger partial charge >= 0.3 is 0 Å². The van der Waals surface area contributed by atoms with E-state index in [-0.39, 0.29) is 16.6 Å². The van der Waals surface area contributed by atoms with Crippen molar-refractivity contribution in [3.8, 4) is 0 Å². The maximum absolute atomic E-state index is 12.1. The molecule has 20 heavy (non-hydrogen) atoms. The molecule has 1 amide bonds. The molecular formula is C13H8BrClN4O. The standard InChI is InChI=1S/C13H8BrClN4O/c14-8-3-4-10(11-7(8)2-1-5-16-11)18-13(20)12-9(15)6-17-19-12/h1-6H,(H,17,19)(H,18,20). The molecule has 0 saturated heterocycles. The first-order valence-corrected chi connectivity index (χ1v) is 6.87. The number of carbonyl (C=O) groups is 1. The Morgan fingerprint density at radius 1 is 1.35 bits per heavy atom. The molecule has 2 N–H and O–H groups in total. The van der Waals surface area contributed by atoms with Crippen LogP contribution in [0.1, 0.15) is 10.5 Å². The molecule has 7 heteroatoms. The highest BCUT2D eigenvalue weighted by Crippen LogP contribution is 2.28. The number of aromatic amines is 1. The number of nitrogens with one attached hydrogen (secondary N) is 2. The third-order valence-electron chi connectivity index (χ3n) is 2.78. The average molecular weight is 352 g/mol. The van der Waals surface area contributed by atoms with Crippen LogP contribution in [0, 0.1) is 0 Å². The Kier molecular flexibility index (Phi) is 3.42. The molecule has 2 heterocycles. The summed E-state index contributed by atoms with van der Waals surface area (Å²) in [6.07, 6.45) is 3.06. The van der Waals surface area contributed by atoms with E-state index >= 15 is 0 Å². The fraction of sp³-hybridized carbons (Fsp3) is 0. The van der Waals surface area contributed by atoms with E-state index in [0.717, 1.165) is 9.86 Å². The van der Waals surface area contributed by atoms with Crippen molar-refractivity contribution in [2.24, 2.45) is 0 Å². The molecule has 0 fully saturated rings. The van der Waals surface area contributed by atoms with Crippen LogP contribution in [0.5, 0.6) is 0 Å². The minimum absolute atomic E-state index is 0.221. The van der Waals surface area contributed by atoms with Gasteiger partial charge in [0.25, 0.3) is 5.91 Å². The second-order valence-corrected chi connectivity index (χ2v) is 5.30. The summed E-state index contributed by atoms with van der Waals surface area (Å²) in [7, 11) is 0. The summed E-state index contributed by atoms with van der Waals surface area (Å²) in [4.78, 5) is 16.4. The summed E-state index contributed by atoms with van der Waals surface area (Å²) >= 11 is 9.32. The lowest BCUT2D eigenvalue weighted by atomic mass is 10.2. The highest BCUT2D eigenvalue weighted by atomic mass is 79.9. The molecule has 0 unspecified atom stereocenters. The second-order valence-electron chi connectivity index (χ2n) is 4.04. The zero-order valence-corrected chi connectivity index (χ0v) is 12.4. The van der Waals surface area contributed by atoms with Crippen molar-refractivity contribution in [1.29, 1.82) is 0 Å². The van der Waals surface area contributed by atoms with Crippen LogP contribution in [-0.2, 0) is 0 Å². The van der Waals surface area contributed by atoms with Gasteiger partial charge < -0.3 is 5.32 Å². The van der Waals surface area contributed by atoms with Gasteiger partial charge in [-0.2, -0.15) is 5.10 Å². The molecule has 3 aromatic rings. The molecule has 0 aliphatic heterocycles. The highest BCUT2D eigenvalue weighted by molar-refractivity contribution is 9.10. The minimum Gasteiger partial charge on any atom is -0.319 e. The van der Waals surface area contributed by atoms with E-state index in [2.05, 4.69) is 36.4 Å². The topological polar surface area (TPSA) is 70.7 Å². The van der Waals surface area contributed by atoms with Gasteiger partial charge in [0.05, 0.1) is 22.4 Å². The van der Waals surface area contributed by atoms with Crippen molar-refractivity contribution < 1.29 is 4.79 Å². The zero-order valence-electron chi connectivity index (χ0n) is 10.0. The summed E-state index contributed by atoms with van der Waals surface area (Å²) < 4.78 is 0.915. The lowest BCUT2D eigenvalue weighted by Gasteiger charge is -2.08. The van der Waals surface area contributed by atoms with Gasteiger partial charge in [0.15, 0.2) is 0 Å². The molecule has 0 radical (unpaired) electrons. The third kappa shape index (κ3) is 2.28. The van der Waals surface area contributed by atoms with E-state index in [9.17, 15) is 4.79 Å². The van der Waals surface area contributed by atoms with Crippen molar-refractivity contribution in [3.05, 3.63) is 51.8 Å². The first-order valence-electron chi connectivity index (χ1n) is 5.70. The number of amides is 1. The fourth-order valence-electron chi connectivity index (χ4n) is 1.85. The van der Waals surface area contributed by atoms with E-state index in [0.29, 0.717) is 11.2 Å². The predicted molar refractivity (Wildman–Crippen MR) is 81.0 cm³/mol. The van der Waals surface area contributed by atoms with Crippen LogP contribution in [-0.4, -0.2) is 21.1 Å². The summed E-state index contributed by atoms with van der Waals surface area (Å²) in [6, 6.07) is 7.39. The largest absolute Gasteiger partial charge is 0.319 e. The van der Waals surface area contributed by atoms with Gasteiger partial charge in [0.2, 0.25) is 0 Å². The van der Waals surface area contributed by atoms with Gasteiger partial charge in [-0.1, -0.05) is 33.6 Å². The second kappa shape index (κ2) is 5.22. The fourth-order valence-corrected chi connectivity index (χ4v) is 2.48. The molecule has 100 valence electrons. The highest BCUT2D eigenvalue weighted by Gasteiger charge is 2.14. The number of anilines is 1. The number of rotatable bonds is 2. The number of halogens is 2. The van der Waals surface area contributed by atoms with Crippen LogP contribution in [0.15, 0.2) is 41.1 Å². The molecule has 0 spiro atoms. The van der Waals surface area contributed by atoms with Crippen LogP contribution < -0.4 is 5.32 Å². The Labute approximate surface area is 127 Å². The molecule has 5 nitrogen and oxygen atoms in total. The Bertz CT molecular complexity index is 802. The first-order chi connectivity index (χ1) is 9.66. The van der Waals surface area contributed by atoms with E-state index in [1.165, 1.54) is 6.20 Å². The Morgan fingerprint density at radius 3 is 2.95 bits per heavy atom. The summed E-state index contributed by atoms with van der Waals surface area (Å²) in [5, 5.41) is 10.3. The van der Waals surface area contributed by atoms with Gasteiger partial charge in [-0.05, 0) is 18.2 Å². The maximum Gasteiger partial charge on any atom is 0.275 e. The van der Waals surface area contributed by atoms with Gasteiger partial charge in [-0.25, -0.2) is 0 Å². The molecule has 0 atom stereocenters. The third-order valence-corrected chi connectivity index (χ3v) is 3.76. The molecule has 0 saturated carbocycles. The van der Waals surface area contributed by atoms with Crippen molar-refractivity contribution in [2.45, 2.75) is 0 Å². The van der Waals surface area contributed by atoms with Crippen molar-refractivity contribution in [1.82, 2.24) is 15.2 Å². The number of carbonyl (C=O) groups excluding carboxylic acids is 1. The predicted octanol–water partition coefficient (Wildman–Crippen LogP) is 3.63. The van der Waals surface area contributed by atoms with E-state index < -0.39 is 0 Å². The lowest BCUT2D eigenvalue weighted by molar-refractivity contribution is 0.102. The Balaban J connectivity index is 2.02. The lowest BCUT2D eigenvalue weighted by Crippen LogP contribution is -2.13. The van der Waals surface area contributed by atoms with E-state index in [4.69, 9.17) is 11.6 Å². The molecule has 3 rings (SSSR count). The number of fused-ring (bicyclic) bond motifs is 1. The number of pyridine rings is 1. The van der Waals surface area contributed by atoms with Crippen LogP contribution in [0.4, 0.5) is 5.69 Å². The maximum atomic E-state index is 12.1. The zero-order chi connectivity index (χ0) is 14.1. The monoisotopic (exact) mass is 350 g/mol. The van der Waals surface area contributed by atoms with Crippen molar-refractivity contribution in [2.75, 3.05) is 5.32 Å². The van der Waals surface area contributed by atoms with Crippen molar-refractivity contribution >= 4 is 50.0 Å². The quantitative estimate of drug-likeness (QED) is 0.740. The number of benzene rings is 1. The van der Waals surface area contributed by atoms with Crippen molar-refractivity contribution in [3.63, 3.8) is 0 Å².